The highest BCUT2D eigenvalue weighted by Crippen LogP contribution is 2.27. The van der Waals surface area contributed by atoms with Crippen LogP contribution in [0.1, 0.15) is 16.7 Å². The number of aliphatic hydroxyl groups excluding tert-OH is 1. The number of aliphatic hydroxyl groups is 1. The fraction of sp³-hybridized carbons (Fsp3) is 0.286. The van der Waals surface area contributed by atoms with Gasteiger partial charge in [0.1, 0.15) is 18.3 Å². The SMILES string of the molecule is OCC1=CO[C@H](COCc2ccccc2)[C@H](OCc2ccccc2)[C@@H]1OCc1ccccc1. The maximum atomic E-state index is 9.96. The Bertz CT molecular complexity index is 975. The molecule has 3 atom stereocenters. The van der Waals surface area contributed by atoms with Crippen LogP contribution in [0.4, 0.5) is 0 Å². The zero-order chi connectivity index (χ0) is 22.7. The van der Waals surface area contributed by atoms with E-state index in [9.17, 15) is 5.11 Å². The normalized spacial score (nSPS) is 20.2. The molecule has 4 rings (SSSR count). The molecule has 0 fully saturated rings. The molecule has 0 radical (unpaired) electrons. The smallest absolute Gasteiger partial charge is 0.150 e. The van der Waals surface area contributed by atoms with E-state index in [1.807, 2.05) is 91.0 Å². The standard InChI is InChI=1S/C28H30O5/c29-16-25-20-31-26(21-30-17-22-10-4-1-5-11-22)28(33-19-24-14-8-3-9-15-24)27(25)32-18-23-12-6-2-7-13-23/h1-15,20,26-29H,16-19,21H2/t26-,27-,28+/m1/s1. The molecular formula is C28H30O5. The van der Waals surface area contributed by atoms with Crippen molar-refractivity contribution in [3.8, 4) is 0 Å². The van der Waals surface area contributed by atoms with Crippen molar-refractivity contribution in [2.75, 3.05) is 13.2 Å². The fourth-order valence-corrected chi connectivity index (χ4v) is 3.78. The molecule has 0 aromatic heterocycles. The van der Waals surface area contributed by atoms with Gasteiger partial charge in [0.15, 0.2) is 0 Å². The molecule has 1 N–H and O–H groups in total. The fourth-order valence-electron chi connectivity index (χ4n) is 3.78. The van der Waals surface area contributed by atoms with Crippen molar-refractivity contribution < 1.29 is 24.1 Å². The summed E-state index contributed by atoms with van der Waals surface area (Å²) in [5.74, 6) is 0. The summed E-state index contributed by atoms with van der Waals surface area (Å²) in [6, 6.07) is 30.0. The second kappa shape index (κ2) is 12.3. The van der Waals surface area contributed by atoms with E-state index in [1.165, 1.54) is 0 Å². The van der Waals surface area contributed by atoms with E-state index in [2.05, 4.69) is 0 Å². The molecule has 172 valence electrons. The minimum absolute atomic E-state index is 0.164. The summed E-state index contributed by atoms with van der Waals surface area (Å²) in [5, 5.41) is 9.96. The molecule has 0 amide bonds. The average Bonchev–Trinajstić information content (AvgIpc) is 2.88. The average molecular weight is 447 g/mol. The molecule has 1 aliphatic rings. The number of ether oxygens (including phenoxy) is 4. The highest BCUT2D eigenvalue weighted by atomic mass is 16.6. The Labute approximate surface area is 195 Å². The quantitative estimate of drug-likeness (QED) is 0.465. The van der Waals surface area contributed by atoms with Crippen LogP contribution in [0.5, 0.6) is 0 Å². The van der Waals surface area contributed by atoms with Crippen LogP contribution < -0.4 is 0 Å². The van der Waals surface area contributed by atoms with E-state index in [-0.39, 0.29) is 12.7 Å². The number of benzene rings is 3. The molecule has 5 nitrogen and oxygen atoms in total. The Kier molecular flexibility index (Phi) is 8.67. The van der Waals surface area contributed by atoms with Crippen molar-refractivity contribution in [1.29, 1.82) is 0 Å². The molecule has 33 heavy (non-hydrogen) atoms. The third-order valence-electron chi connectivity index (χ3n) is 5.56. The van der Waals surface area contributed by atoms with Crippen LogP contribution in [0.15, 0.2) is 103 Å². The molecule has 0 spiro atoms. The van der Waals surface area contributed by atoms with Gasteiger partial charge in [-0.15, -0.1) is 0 Å². The minimum Gasteiger partial charge on any atom is -0.493 e. The first-order chi connectivity index (χ1) is 16.3. The van der Waals surface area contributed by atoms with Crippen molar-refractivity contribution in [3.05, 3.63) is 120 Å². The third kappa shape index (κ3) is 6.76. The Morgan fingerprint density at radius 2 is 1.18 bits per heavy atom. The van der Waals surface area contributed by atoms with Crippen LogP contribution in [-0.2, 0) is 38.8 Å². The van der Waals surface area contributed by atoms with E-state index < -0.39 is 12.2 Å². The zero-order valence-electron chi connectivity index (χ0n) is 18.6. The van der Waals surface area contributed by atoms with Crippen molar-refractivity contribution in [1.82, 2.24) is 0 Å². The first-order valence-electron chi connectivity index (χ1n) is 11.2. The van der Waals surface area contributed by atoms with Gasteiger partial charge < -0.3 is 24.1 Å². The molecule has 0 saturated carbocycles. The second-order valence-corrected chi connectivity index (χ2v) is 8.00. The maximum Gasteiger partial charge on any atom is 0.150 e. The largest absolute Gasteiger partial charge is 0.493 e. The van der Waals surface area contributed by atoms with Crippen LogP contribution in [0.2, 0.25) is 0 Å². The highest BCUT2D eigenvalue weighted by Gasteiger charge is 2.38. The van der Waals surface area contributed by atoms with Crippen LogP contribution in [0, 0.1) is 0 Å². The maximum absolute atomic E-state index is 9.96. The Morgan fingerprint density at radius 3 is 1.73 bits per heavy atom. The Balaban J connectivity index is 1.47. The van der Waals surface area contributed by atoms with E-state index in [4.69, 9.17) is 18.9 Å². The third-order valence-corrected chi connectivity index (χ3v) is 5.56. The predicted octanol–water partition coefficient (Wildman–Crippen LogP) is 4.65. The predicted molar refractivity (Wildman–Crippen MR) is 126 cm³/mol. The Morgan fingerprint density at radius 1 is 0.667 bits per heavy atom. The van der Waals surface area contributed by atoms with Gasteiger partial charge in [-0.2, -0.15) is 0 Å². The van der Waals surface area contributed by atoms with Gasteiger partial charge in [-0.1, -0.05) is 91.0 Å². The topological polar surface area (TPSA) is 57.2 Å². The molecule has 1 heterocycles. The summed E-state index contributed by atoms with van der Waals surface area (Å²) < 4.78 is 24.5. The lowest BCUT2D eigenvalue weighted by Crippen LogP contribution is -2.48. The summed E-state index contributed by atoms with van der Waals surface area (Å²) in [4.78, 5) is 0. The van der Waals surface area contributed by atoms with Crippen molar-refractivity contribution in [2.24, 2.45) is 0 Å². The molecule has 0 unspecified atom stereocenters. The van der Waals surface area contributed by atoms with E-state index >= 15 is 0 Å². The van der Waals surface area contributed by atoms with Crippen molar-refractivity contribution >= 4 is 0 Å². The van der Waals surface area contributed by atoms with Gasteiger partial charge in [-0.3, -0.25) is 0 Å². The number of hydrogen-bond donors (Lipinski definition) is 1. The van der Waals surface area contributed by atoms with Crippen LogP contribution >= 0.6 is 0 Å². The molecule has 3 aromatic carbocycles. The molecule has 5 heteroatoms. The minimum atomic E-state index is -0.446. The Hall–Kier alpha value is -2.96. The van der Waals surface area contributed by atoms with Gasteiger partial charge >= 0.3 is 0 Å². The molecule has 0 bridgehead atoms. The zero-order valence-corrected chi connectivity index (χ0v) is 18.6. The lowest BCUT2D eigenvalue weighted by Gasteiger charge is -2.37. The first kappa shape index (κ1) is 23.2. The molecular weight excluding hydrogens is 416 g/mol. The van der Waals surface area contributed by atoms with Gasteiger partial charge in [0.25, 0.3) is 0 Å². The van der Waals surface area contributed by atoms with Crippen LogP contribution in [0.3, 0.4) is 0 Å². The molecule has 0 saturated heterocycles. The monoisotopic (exact) mass is 446 g/mol. The first-order valence-corrected chi connectivity index (χ1v) is 11.2. The second-order valence-electron chi connectivity index (χ2n) is 8.00. The lowest BCUT2D eigenvalue weighted by molar-refractivity contribution is -0.153. The van der Waals surface area contributed by atoms with Gasteiger partial charge in [0, 0.05) is 5.57 Å². The van der Waals surface area contributed by atoms with Gasteiger partial charge in [0.05, 0.1) is 39.3 Å². The van der Waals surface area contributed by atoms with Crippen LogP contribution in [-0.4, -0.2) is 36.6 Å². The number of rotatable bonds is 11. The molecule has 3 aromatic rings. The van der Waals surface area contributed by atoms with Crippen molar-refractivity contribution in [3.63, 3.8) is 0 Å². The summed E-state index contributed by atoms with van der Waals surface area (Å²) >= 11 is 0. The van der Waals surface area contributed by atoms with E-state index in [0.29, 0.717) is 32.0 Å². The summed E-state index contributed by atoms with van der Waals surface area (Å²) in [5.41, 5.74) is 3.87. The molecule has 0 aliphatic carbocycles. The summed E-state index contributed by atoms with van der Waals surface area (Å²) in [6.45, 7) is 1.48. The summed E-state index contributed by atoms with van der Waals surface area (Å²) in [7, 11) is 0. The van der Waals surface area contributed by atoms with Gasteiger partial charge in [-0.05, 0) is 16.7 Å². The highest BCUT2D eigenvalue weighted by molar-refractivity contribution is 5.18. The van der Waals surface area contributed by atoms with Crippen LogP contribution in [0.25, 0.3) is 0 Å². The van der Waals surface area contributed by atoms with E-state index in [0.717, 1.165) is 16.7 Å². The van der Waals surface area contributed by atoms with Gasteiger partial charge in [0.2, 0.25) is 0 Å². The van der Waals surface area contributed by atoms with E-state index in [1.54, 1.807) is 6.26 Å². The van der Waals surface area contributed by atoms with Crippen molar-refractivity contribution in [2.45, 2.75) is 38.1 Å². The lowest BCUT2D eigenvalue weighted by atomic mass is 9.98. The van der Waals surface area contributed by atoms with Gasteiger partial charge in [-0.25, -0.2) is 0 Å². The molecule has 1 aliphatic heterocycles. The summed E-state index contributed by atoms with van der Waals surface area (Å²) in [6.07, 6.45) is 0.345. The number of hydrogen-bond acceptors (Lipinski definition) is 5.